The zero-order valence-electron chi connectivity index (χ0n) is 12.8. The Hall–Kier alpha value is -2.75. The minimum absolute atomic E-state index is 0.202. The van der Waals surface area contributed by atoms with Gasteiger partial charge in [-0.05, 0) is 61.1 Å². The van der Waals surface area contributed by atoms with E-state index in [2.05, 4.69) is 6.07 Å². The highest BCUT2D eigenvalue weighted by molar-refractivity contribution is 6.14. The number of nitrogens with two attached hydrogens (primary N) is 2. The van der Waals surface area contributed by atoms with Gasteiger partial charge in [0.25, 0.3) is 0 Å². The summed E-state index contributed by atoms with van der Waals surface area (Å²) in [6.07, 6.45) is 4.52. The van der Waals surface area contributed by atoms with E-state index in [0.29, 0.717) is 22.5 Å². The third kappa shape index (κ3) is 2.27. The lowest BCUT2D eigenvalue weighted by atomic mass is 9.90. The minimum Gasteiger partial charge on any atom is -0.450 e. The van der Waals surface area contributed by atoms with Crippen LogP contribution in [0.25, 0.3) is 11.0 Å². The molecular formula is C19H18N2O2. The molecule has 4 N–H and O–H groups in total. The quantitative estimate of drug-likeness (QED) is 0.558. The zero-order valence-corrected chi connectivity index (χ0v) is 12.8. The van der Waals surface area contributed by atoms with E-state index in [1.807, 2.05) is 6.07 Å². The molecule has 23 heavy (non-hydrogen) atoms. The topological polar surface area (TPSA) is 82.2 Å². The Labute approximate surface area is 134 Å². The number of carbonyl (C=O) groups excluding carboxylic acids is 1. The molecular weight excluding hydrogens is 288 g/mol. The lowest BCUT2D eigenvalue weighted by molar-refractivity contribution is 0.101. The van der Waals surface area contributed by atoms with Gasteiger partial charge in [0.15, 0.2) is 5.76 Å². The van der Waals surface area contributed by atoms with E-state index in [1.165, 1.54) is 24.0 Å². The van der Waals surface area contributed by atoms with E-state index >= 15 is 0 Å². The second-order valence-electron chi connectivity index (χ2n) is 6.12. The van der Waals surface area contributed by atoms with Gasteiger partial charge >= 0.3 is 0 Å². The number of nitrogen functional groups attached to an aromatic ring is 2. The summed E-state index contributed by atoms with van der Waals surface area (Å²) in [6.45, 7) is 0. The van der Waals surface area contributed by atoms with Crippen molar-refractivity contribution in [1.82, 2.24) is 0 Å². The second-order valence-corrected chi connectivity index (χ2v) is 6.12. The minimum atomic E-state index is -0.232. The van der Waals surface area contributed by atoms with Crippen molar-refractivity contribution in [3.8, 4) is 0 Å². The molecule has 0 saturated carbocycles. The number of aryl methyl sites for hydroxylation is 2. The summed E-state index contributed by atoms with van der Waals surface area (Å²) in [7, 11) is 0. The molecule has 0 bridgehead atoms. The Bertz CT molecular complexity index is 925. The van der Waals surface area contributed by atoms with Crippen LogP contribution in [0.3, 0.4) is 0 Å². The largest absolute Gasteiger partial charge is 0.450 e. The van der Waals surface area contributed by atoms with Crippen LogP contribution in [0.4, 0.5) is 11.4 Å². The molecule has 0 spiro atoms. The summed E-state index contributed by atoms with van der Waals surface area (Å²) in [5.41, 5.74) is 16.7. The van der Waals surface area contributed by atoms with E-state index in [0.717, 1.165) is 18.2 Å². The molecule has 4 heteroatoms. The van der Waals surface area contributed by atoms with Crippen molar-refractivity contribution in [3.05, 3.63) is 58.8 Å². The summed E-state index contributed by atoms with van der Waals surface area (Å²) < 4.78 is 5.81. The molecule has 1 aliphatic carbocycles. The summed E-state index contributed by atoms with van der Waals surface area (Å²) in [5, 5.41) is 0.831. The van der Waals surface area contributed by atoms with Crippen LogP contribution < -0.4 is 11.5 Å². The number of anilines is 2. The lowest BCUT2D eigenvalue weighted by Gasteiger charge is -2.14. The molecule has 0 fully saturated rings. The van der Waals surface area contributed by atoms with E-state index < -0.39 is 0 Å². The zero-order chi connectivity index (χ0) is 16.0. The van der Waals surface area contributed by atoms with Crippen molar-refractivity contribution < 1.29 is 9.21 Å². The standard InChI is InChI=1S/C19H18N2O2/c20-14-7-3-6-13(8-14)18(22)19-17(21)15-9-11-4-1-2-5-12(11)10-16(15)23-19/h3,6-10H,1-2,4-5,20-21H2. The molecule has 0 unspecified atom stereocenters. The van der Waals surface area contributed by atoms with E-state index in [-0.39, 0.29) is 11.5 Å². The average molecular weight is 306 g/mol. The predicted octanol–water partition coefficient (Wildman–Crippen LogP) is 3.71. The van der Waals surface area contributed by atoms with Crippen LogP contribution in [0, 0.1) is 0 Å². The summed E-state index contributed by atoms with van der Waals surface area (Å²) in [4.78, 5) is 12.7. The fraction of sp³-hybridized carbons (Fsp3) is 0.211. The lowest BCUT2D eigenvalue weighted by Crippen LogP contribution is -2.04. The van der Waals surface area contributed by atoms with Gasteiger partial charge in [-0.25, -0.2) is 0 Å². The Morgan fingerprint density at radius 3 is 2.48 bits per heavy atom. The number of benzene rings is 2. The molecule has 3 aromatic rings. The number of hydrogen-bond donors (Lipinski definition) is 2. The van der Waals surface area contributed by atoms with Crippen molar-refractivity contribution >= 4 is 28.1 Å². The second kappa shape index (κ2) is 5.16. The molecule has 0 amide bonds. The fourth-order valence-corrected chi connectivity index (χ4v) is 3.32. The molecule has 4 nitrogen and oxygen atoms in total. The third-order valence-corrected chi connectivity index (χ3v) is 4.55. The van der Waals surface area contributed by atoms with Gasteiger partial charge in [-0.2, -0.15) is 0 Å². The first kappa shape index (κ1) is 13.9. The normalized spacial score (nSPS) is 13.9. The highest BCUT2D eigenvalue weighted by Gasteiger charge is 2.22. The van der Waals surface area contributed by atoms with Crippen LogP contribution in [0.2, 0.25) is 0 Å². The van der Waals surface area contributed by atoms with Crippen LogP contribution in [0.5, 0.6) is 0 Å². The molecule has 1 aliphatic rings. The number of fused-ring (bicyclic) bond motifs is 2. The Morgan fingerprint density at radius 1 is 1.00 bits per heavy atom. The van der Waals surface area contributed by atoms with E-state index in [9.17, 15) is 4.79 Å². The van der Waals surface area contributed by atoms with Crippen molar-refractivity contribution in [3.63, 3.8) is 0 Å². The van der Waals surface area contributed by atoms with Gasteiger partial charge in [0, 0.05) is 16.6 Å². The van der Waals surface area contributed by atoms with Crippen LogP contribution >= 0.6 is 0 Å². The maximum Gasteiger partial charge on any atom is 0.230 e. The smallest absolute Gasteiger partial charge is 0.230 e. The molecule has 116 valence electrons. The molecule has 0 atom stereocenters. The third-order valence-electron chi connectivity index (χ3n) is 4.55. The molecule has 0 saturated heterocycles. The van der Waals surface area contributed by atoms with Crippen LogP contribution in [0.15, 0.2) is 40.8 Å². The summed E-state index contributed by atoms with van der Waals surface area (Å²) >= 11 is 0. The number of ketones is 1. The molecule has 1 heterocycles. The Kier molecular flexibility index (Phi) is 3.11. The molecule has 0 radical (unpaired) electrons. The van der Waals surface area contributed by atoms with Gasteiger partial charge in [0.1, 0.15) is 5.58 Å². The van der Waals surface area contributed by atoms with Crippen molar-refractivity contribution in [2.45, 2.75) is 25.7 Å². The maximum atomic E-state index is 12.7. The first-order chi connectivity index (χ1) is 11.1. The van der Waals surface area contributed by atoms with Crippen molar-refractivity contribution in [2.24, 2.45) is 0 Å². The number of carbonyl (C=O) groups is 1. The first-order valence-corrected chi connectivity index (χ1v) is 7.87. The molecule has 1 aromatic heterocycles. The molecule has 4 rings (SSSR count). The van der Waals surface area contributed by atoms with Crippen molar-refractivity contribution in [2.75, 3.05) is 11.5 Å². The number of hydrogen-bond acceptors (Lipinski definition) is 4. The van der Waals surface area contributed by atoms with E-state index in [4.69, 9.17) is 15.9 Å². The highest BCUT2D eigenvalue weighted by Crippen LogP contribution is 2.34. The Balaban J connectivity index is 1.84. The van der Waals surface area contributed by atoms with Gasteiger partial charge < -0.3 is 15.9 Å². The van der Waals surface area contributed by atoms with Gasteiger partial charge in [-0.3, -0.25) is 4.79 Å². The van der Waals surface area contributed by atoms with Gasteiger partial charge in [-0.15, -0.1) is 0 Å². The highest BCUT2D eigenvalue weighted by atomic mass is 16.3. The number of furan rings is 1. The first-order valence-electron chi connectivity index (χ1n) is 7.87. The average Bonchev–Trinajstić information content (AvgIpc) is 2.88. The summed E-state index contributed by atoms with van der Waals surface area (Å²) in [6, 6.07) is 11.0. The molecule has 2 aromatic carbocycles. The Morgan fingerprint density at radius 2 is 1.74 bits per heavy atom. The summed E-state index contributed by atoms with van der Waals surface area (Å²) in [5.74, 6) is -0.0306. The predicted molar refractivity (Wildman–Crippen MR) is 91.6 cm³/mol. The fourth-order valence-electron chi connectivity index (χ4n) is 3.32. The van der Waals surface area contributed by atoms with Crippen LogP contribution in [-0.4, -0.2) is 5.78 Å². The molecule has 0 aliphatic heterocycles. The van der Waals surface area contributed by atoms with Crippen LogP contribution in [-0.2, 0) is 12.8 Å². The monoisotopic (exact) mass is 306 g/mol. The van der Waals surface area contributed by atoms with Gasteiger partial charge in [-0.1, -0.05) is 12.1 Å². The van der Waals surface area contributed by atoms with E-state index in [1.54, 1.807) is 24.3 Å². The maximum absolute atomic E-state index is 12.7. The van der Waals surface area contributed by atoms with Gasteiger partial charge in [0.2, 0.25) is 5.78 Å². The van der Waals surface area contributed by atoms with Crippen LogP contribution in [0.1, 0.15) is 40.1 Å². The SMILES string of the molecule is Nc1cccc(C(=O)c2oc3cc4c(cc3c2N)CCCC4)c1. The van der Waals surface area contributed by atoms with Crippen molar-refractivity contribution in [1.29, 1.82) is 0 Å². The van der Waals surface area contributed by atoms with Gasteiger partial charge in [0.05, 0.1) is 5.69 Å². The number of rotatable bonds is 2.